The van der Waals surface area contributed by atoms with Crippen LogP contribution in [0.3, 0.4) is 0 Å². The lowest BCUT2D eigenvalue weighted by Gasteiger charge is -2.28. The first-order chi connectivity index (χ1) is 12.2. The highest BCUT2D eigenvalue weighted by Gasteiger charge is 2.25. The van der Waals surface area contributed by atoms with Crippen LogP contribution in [0.4, 0.5) is 0 Å². The molecule has 0 aliphatic heterocycles. The molecule has 144 valence electrons. The lowest BCUT2D eigenvalue weighted by molar-refractivity contribution is 0.0282. The Morgan fingerprint density at radius 3 is 2.46 bits per heavy atom. The van der Waals surface area contributed by atoms with Gasteiger partial charge in [-0.05, 0) is 61.4 Å². The second-order valence-electron chi connectivity index (χ2n) is 8.20. The Balaban J connectivity index is 2.19. The molecule has 0 fully saturated rings. The van der Waals surface area contributed by atoms with Gasteiger partial charge in [-0.1, -0.05) is 45.7 Å². The van der Waals surface area contributed by atoms with Crippen molar-refractivity contribution in [1.82, 2.24) is 0 Å². The van der Waals surface area contributed by atoms with Crippen LogP contribution in [0.1, 0.15) is 74.4 Å². The van der Waals surface area contributed by atoms with Gasteiger partial charge in [0, 0.05) is 16.2 Å². The third-order valence-corrected chi connectivity index (χ3v) is 6.44. The Bertz CT molecular complexity index is 700. The number of aliphatic hydroxyl groups is 1. The number of rotatable bonds is 9. The van der Waals surface area contributed by atoms with Crippen LogP contribution >= 0.6 is 11.3 Å². The topological polar surface area (TPSA) is 29.5 Å². The summed E-state index contributed by atoms with van der Waals surface area (Å²) in [6.45, 7) is 12.9. The number of aryl methyl sites for hydroxylation is 2. The number of hydrogen-bond donors (Lipinski definition) is 1. The van der Waals surface area contributed by atoms with Gasteiger partial charge in [-0.15, -0.1) is 11.3 Å². The summed E-state index contributed by atoms with van der Waals surface area (Å²) in [5, 5.41) is 12.1. The highest BCUT2D eigenvalue weighted by Crippen LogP contribution is 2.36. The largest absolute Gasteiger partial charge is 0.493 e. The molecule has 0 saturated heterocycles. The first kappa shape index (κ1) is 21.0. The molecule has 0 aliphatic rings. The molecular weight excluding hydrogens is 340 g/mol. The molecule has 26 heavy (non-hydrogen) atoms. The van der Waals surface area contributed by atoms with Gasteiger partial charge in [-0.3, -0.25) is 0 Å². The maximum absolute atomic E-state index is 9.88. The van der Waals surface area contributed by atoms with Gasteiger partial charge < -0.3 is 9.84 Å². The van der Waals surface area contributed by atoms with Crippen molar-refractivity contribution in [3.8, 4) is 5.75 Å². The van der Waals surface area contributed by atoms with Crippen LogP contribution in [0.2, 0.25) is 0 Å². The lowest BCUT2D eigenvalue weighted by atomic mass is 9.88. The Morgan fingerprint density at radius 2 is 1.92 bits per heavy atom. The Kier molecular flexibility index (Phi) is 7.31. The first-order valence-corrected chi connectivity index (χ1v) is 10.6. The fraction of sp³-hybridized carbons (Fsp3) is 0.565. The van der Waals surface area contributed by atoms with Crippen LogP contribution in [0, 0.1) is 19.3 Å². The van der Waals surface area contributed by atoms with Gasteiger partial charge in [0.2, 0.25) is 0 Å². The molecule has 3 heteroatoms. The monoisotopic (exact) mass is 374 g/mol. The van der Waals surface area contributed by atoms with Crippen LogP contribution in [0.5, 0.6) is 5.75 Å². The van der Waals surface area contributed by atoms with Crippen molar-refractivity contribution < 1.29 is 9.84 Å². The number of aliphatic hydroxyl groups excluding tert-OH is 1. The van der Waals surface area contributed by atoms with E-state index in [-0.39, 0.29) is 5.41 Å². The number of hydrogen-bond acceptors (Lipinski definition) is 3. The number of ether oxygens (including phenoxy) is 1. The summed E-state index contributed by atoms with van der Waals surface area (Å²) in [7, 11) is 0. The second-order valence-corrected chi connectivity index (χ2v) is 9.14. The molecule has 2 atom stereocenters. The standard InChI is InChI=1S/C23H34O2S/c1-7-8-9-20(22-12-16(2)14-26-22)19-10-11-21(17(3)13-19)25-15-23(5,6)18(4)24/h10-14,18,20,24H,7-9,15H2,1-6H3. The van der Waals surface area contributed by atoms with Gasteiger partial charge in [0.05, 0.1) is 12.7 Å². The molecular formula is C23H34O2S. The van der Waals surface area contributed by atoms with E-state index in [0.29, 0.717) is 12.5 Å². The van der Waals surface area contributed by atoms with Gasteiger partial charge >= 0.3 is 0 Å². The summed E-state index contributed by atoms with van der Waals surface area (Å²) in [6.07, 6.45) is 3.24. The van der Waals surface area contributed by atoms with E-state index in [2.05, 4.69) is 50.4 Å². The van der Waals surface area contributed by atoms with Gasteiger partial charge in [0.1, 0.15) is 5.75 Å². The smallest absolute Gasteiger partial charge is 0.122 e. The molecule has 0 spiro atoms. The quantitative estimate of drug-likeness (QED) is 0.545. The normalized spacial score (nSPS) is 14.3. The molecule has 0 radical (unpaired) electrons. The predicted molar refractivity (Wildman–Crippen MR) is 113 cm³/mol. The van der Waals surface area contributed by atoms with Crippen molar-refractivity contribution in [2.75, 3.05) is 6.61 Å². The van der Waals surface area contributed by atoms with E-state index >= 15 is 0 Å². The fourth-order valence-corrected chi connectivity index (χ4v) is 4.02. The molecule has 1 aromatic heterocycles. The molecule has 2 unspecified atom stereocenters. The predicted octanol–water partition coefficient (Wildman–Crippen LogP) is 6.47. The average Bonchev–Trinajstić information content (AvgIpc) is 3.00. The van der Waals surface area contributed by atoms with Crippen molar-refractivity contribution in [3.05, 3.63) is 51.2 Å². The van der Waals surface area contributed by atoms with E-state index in [4.69, 9.17) is 4.74 Å². The molecule has 0 aliphatic carbocycles. The van der Waals surface area contributed by atoms with Crippen molar-refractivity contribution in [2.45, 2.75) is 72.8 Å². The van der Waals surface area contributed by atoms with Crippen molar-refractivity contribution in [3.63, 3.8) is 0 Å². The third-order valence-electron chi connectivity index (χ3n) is 5.27. The van der Waals surface area contributed by atoms with E-state index in [1.54, 1.807) is 0 Å². The second kappa shape index (κ2) is 9.05. The Hall–Kier alpha value is -1.32. The maximum Gasteiger partial charge on any atom is 0.122 e. The van der Waals surface area contributed by atoms with Crippen LogP contribution < -0.4 is 4.74 Å². The highest BCUT2D eigenvalue weighted by atomic mass is 32.1. The number of thiophene rings is 1. The Labute approximate surface area is 163 Å². The van der Waals surface area contributed by atoms with E-state index in [0.717, 1.165) is 5.75 Å². The van der Waals surface area contributed by atoms with Crippen molar-refractivity contribution in [1.29, 1.82) is 0 Å². The Morgan fingerprint density at radius 1 is 1.19 bits per heavy atom. The molecule has 0 amide bonds. The summed E-state index contributed by atoms with van der Waals surface area (Å²) in [5.74, 6) is 1.38. The SMILES string of the molecule is CCCCC(c1ccc(OCC(C)(C)C(C)O)c(C)c1)c1cc(C)cs1. The van der Waals surface area contributed by atoms with Crippen LogP contribution in [0.15, 0.2) is 29.6 Å². The van der Waals surface area contributed by atoms with Crippen LogP contribution in [-0.2, 0) is 0 Å². The summed E-state index contributed by atoms with van der Waals surface area (Å²) in [6, 6.07) is 8.92. The molecule has 1 N–H and O–H groups in total. The lowest BCUT2D eigenvalue weighted by Crippen LogP contribution is -2.32. The van der Waals surface area contributed by atoms with E-state index < -0.39 is 6.10 Å². The number of benzene rings is 1. The van der Waals surface area contributed by atoms with Crippen LogP contribution in [-0.4, -0.2) is 17.8 Å². The molecule has 0 bridgehead atoms. The van der Waals surface area contributed by atoms with E-state index in [1.165, 1.54) is 40.8 Å². The van der Waals surface area contributed by atoms with Gasteiger partial charge in [-0.25, -0.2) is 0 Å². The van der Waals surface area contributed by atoms with Gasteiger partial charge in [-0.2, -0.15) is 0 Å². The molecule has 0 saturated carbocycles. The minimum Gasteiger partial charge on any atom is -0.493 e. The minimum absolute atomic E-state index is 0.261. The molecule has 2 nitrogen and oxygen atoms in total. The first-order valence-electron chi connectivity index (χ1n) is 9.71. The summed E-state index contributed by atoms with van der Waals surface area (Å²) < 4.78 is 6.03. The van der Waals surface area contributed by atoms with Crippen LogP contribution in [0.25, 0.3) is 0 Å². The third kappa shape index (κ3) is 5.34. The van der Waals surface area contributed by atoms with Gasteiger partial charge in [0.25, 0.3) is 0 Å². The fourth-order valence-electron chi connectivity index (χ4n) is 2.95. The molecule has 2 aromatic rings. The summed E-state index contributed by atoms with van der Waals surface area (Å²) in [5.41, 5.74) is 3.63. The van der Waals surface area contributed by atoms with E-state index in [9.17, 15) is 5.11 Å². The summed E-state index contributed by atoms with van der Waals surface area (Å²) >= 11 is 1.87. The zero-order chi connectivity index (χ0) is 19.3. The highest BCUT2D eigenvalue weighted by molar-refractivity contribution is 7.10. The minimum atomic E-state index is -0.400. The van der Waals surface area contributed by atoms with Gasteiger partial charge in [0.15, 0.2) is 0 Å². The van der Waals surface area contributed by atoms with Crippen molar-refractivity contribution >= 4 is 11.3 Å². The average molecular weight is 375 g/mol. The molecule has 1 aromatic carbocycles. The zero-order valence-electron chi connectivity index (χ0n) is 17.1. The van der Waals surface area contributed by atoms with E-state index in [1.807, 2.05) is 32.1 Å². The molecule has 1 heterocycles. The molecule has 2 rings (SSSR count). The maximum atomic E-state index is 9.88. The zero-order valence-corrected chi connectivity index (χ0v) is 18.0. The van der Waals surface area contributed by atoms with Crippen molar-refractivity contribution in [2.24, 2.45) is 5.41 Å². The number of unbranched alkanes of at least 4 members (excludes halogenated alkanes) is 1. The summed E-state index contributed by atoms with van der Waals surface area (Å²) in [4.78, 5) is 1.46.